The van der Waals surface area contributed by atoms with Crippen LogP contribution in [0.5, 0.6) is 0 Å². The van der Waals surface area contributed by atoms with Gasteiger partial charge in [-0.3, -0.25) is 4.79 Å². The third-order valence-corrected chi connectivity index (χ3v) is 3.92. The first-order chi connectivity index (χ1) is 12.1. The summed E-state index contributed by atoms with van der Waals surface area (Å²) in [6, 6.07) is 19.9. The molecule has 0 bridgehead atoms. The largest absolute Gasteiger partial charge is 0.340 e. The highest BCUT2D eigenvalue weighted by Gasteiger charge is 2.07. The maximum Gasteiger partial charge on any atom is 0.257 e. The minimum absolute atomic E-state index is 0.229. The Bertz CT molecular complexity index is 931. The molecule has 3 rings (SSSR count). The average molecular weight is 393 g/mol. The van der Waals surface area contributed by atoms with Crippen LogP contribution in [-0.4, -0.2) is 10.9 Å². The monoisotopic (exact) mass is 392 g/mol. The van der Waals surface area contributed by atoms with E-state index in [1.165, 1.54) is 6.20 Å². The predicted molar refractivity (Wildman–Crippen MR) is 101 cm³/mol. The number of carbonyl (C=O) groups is 1. The van der Waals surface area contributed by atoms with E-state index in [-0.39, 0.29) is 5.91 Å². The molecule has 1 amide bonds. The SMILES string of the molecule is N#Cc1cccc(Nc2ccc(C(=O)Nc3ccc(Br)cc3)cn2)c1. The number of nitrogens with zero attached hydrogens (tertiary/aromatic N) is 2. The molecule has 0 aliphatic heterocycles. The molecule has 0 saturated heterocycles. The van der Waals surface area contributed by atoms with E-state index in [1.54, 1.807) is 30.3 Å². The third-order valence-electron chi connectivity index (χ3n) is 3.39. The Morgan fingerprint density at radius 3 is 2.52 bits per heavy atom. The summed E-state index contributed by atoms with van der Waals surface area (Å²) in [4.78, 5) is 16.5. The smallest absolute Gasteiger partial charge is 0.257 e. The molecule has 0 unspecified atom stereocenters. The van der Waals surface area contributed by atoms with Crippen molar-refractivity contribution in [2.75, 3.05) is 10.6 Å². The summed E-state index contributed by atoms with van der Waals surface area (Å²) in [5.74, 6) is 0.364. The fourth-order valence-electron chi connectivity index (χ4n) is 2.15. The highest BCUT2D eigenvalue weighted by molar-refractivity contribution is 9.10. The fourth-order valence-corrected chi connectivity index (χ4v) is 2.42. The quantitative estimate of drug-likeness (QED) is 0.673. The van der Waals surface area contributed by atoms with Gasteiger partial charge in [0.1, 0.15) is 5.82 Å². The number of anilines is 3. The van der Waals surface area contributed by atoms with Gasteiger partial charge in [0.25, 0.3) is 5.91 Å². The number of amides is 1. The van der Waals surface area contributed by atoms with Crippen LogP contribution in [0.25, 0.3) is 0 Å². The molecule has 0 atom stereocenters. The van der Waals surface area contributed by atoms with Crippen LogP contribution in [0.3, 0.4) is 0 Å². The zero-order valence-electron chi connectivity index (χ0n) is 13.0. The van der Waals surface area contributed by atoms with Crippen molar-refractivity contribution in [2.45, 2.75) is 0 Å². The van der Waals surface area contributed by atoms with E-state index >= 15 is 0 Å². The molecule has 1 aromatic heterocycles. The molecule has 6 heteroatoms. The Kier molecular flexibility index (Phi) is 5.07. The molecule has 122 valence electrons. The minimum atomic E-state index is -0.229. The molecule has 1 heterocycles. The predicted octanol–water partition coefficient (Wildman–Crippen LogP) is 4.71. The van der Waals surface area contributed by atoms with Gasteiger partial charge in [0.15, 0.2) is 0 Å². The molecule has 0 aliphatic carbocycles. The molecule has 0 spiro atoms. The lowest BCUT2D eigenvalue weighted by Gasteiger charge is -2.08. The van der Waals surface area contributed by atoms with Gasteiger partial charge in [0.2, 0.25) is 0 Å². The van der Waals surface area contributed by atoms with E-state index < -0.39 is 0 Å². The second-order valence-corrected chi connectivity index (χ2v) is 6.13. The van der Waals surface area contributed by atoms with Crippen molar-refractivity contribution >= 4 is 39.0 Å². The Morgan fingerprint density at radius 2 is 1.84 bits per heavy atom. The Balaban J connectivity index is 1.68. The maximum absolute atomic E-state index is 12.2. The van der Waals surface area contributed by atoms with E-state index in [4.69, 9.17) is 5.26 Å². The summed E-state index contributed by atoms with van der Waals surface area (Å²) < 4.78 is 0.947. The number of pyridine rings is 1. The maximum atomic E-state index is 12.2. The summed E-state index contributed by atoms with van der Waals surface area (Å²) in [7, 11) is 0. The topological polar surface area (TPSA) is 77.8 Å². The zero-order chi connectivity index (χ0) is 17.6. The highest BCUT2D eigenvalue weighted by Crippen LogP contribution is 2.17. The first kappa shape index (κ1) is 16.7. The van der Waals surface area contributed by atoms with Gasteiger partial charge in [-0.25, -0.2) is 4.98 Å². The van der Waals surface area contributed by atoms with Crippen molar-refractivity contribution in [3.05, 3.63) is 82.5 Å². The van der Waals surface area contributed by atoms with Crippen LogP contribution in [0, 0.1) is 11.3 Å². The normalized spacial score (nSPS) is 9.92. The van der Waals surface area contributed by atoms with Crippen molar-refractivity contribution < 1.29 is 4.79 Å². The molecule has 0 radical (unpaired) electrons. The molecule has 0 fully saturated rings. The standard InChI is InChI=1S/C19H13BrN4O/c20-15-5-7-16(8-6-15)24-19(25)14-4-9-18(22-12-14)23-17-3-1-2-13(10-17)11-21/h1-10,12H,(H,22,23)(H,24,25). The molecular formula is C19H13BrN4O. The second kappa shape index (κ2) is 7.60. The molecule has 5 nitrogen and oxygen atoms in total. The third kappa shape index (κ3) is 4.43. The lowest BCUT2D eigenvalue weighted by molar-refractivity contribution is 0.102. The number of benzene rings is 2. The van der Waals surface area contributed by atoms with Gasteiger partial charge in [0, 0.05) is 22.0 Å². The van der Waals surface area contributed by atoms with E-state index in [1.807, 2.05) is 30.3 Å². The van der Waals surface area contributed by atoms with Crippen LogP contribution < -0.4 is 10.6 Å². The van der Waals surface area contributed by atoms with Crippen molar-refractivity contribution in [2.24, 2.45) is 0 Å². The molecule has 2 N–H and O–H groups in total. The number of hydrogen-bond donors (Lipinski definition) is 2. The van der Waals surface area contributed by atoms with E-state index in [0.717, 1.165) is 10.2 Å². The van der Waals surface area contributed by atoms with Gasteiger partial charge < -0.3 is 10.6 Å². The number of carbonyl (C=O) groups excluding carboxylic acids is 1. The van der Waals surface area contributed by atoms with Crippen LogP contribution in [0.1, 0.15) is 15.9 Å². The first-order valence-electron chi connectivity index (χ1n) is 7.44. The number of aromatic nitrogens is 1. The lowest BCUT2D eigenvalue weighted by Crippen LogP contribution is -2.12. The Hall–Kier alpha value is -3.17. The minimum Gasteiger partial charge on any atom is -0.340 e. The molecule has 0 saturated carbocycles. The summed E-state index contributed by atoms with van der Waals surface area (Å²) in [5.41, 5.74) is 2.50. The molecular weight excluding hydrogens is 380 g/mol. The van der Waals surface area contributed by atoms with Crippen LogP contribution in [-0.2, 0) is 0 Å². The number of nitrogens with one attached hydrogen (secondary N) is 2. The number of nitriles is 1. The van der Waals surface area contributed by atoms with Crippen LogP contribution in [0.4, 0.5) is 17.2 Å². The lowest BCUT2D eigenvalue weighted by atomic mass is 10.2. The second-order valence-electron chi connectivity index (χ2n) is 5.21. The van der Waals surface area contributed by atoms with Gasteiger partial charge in [-0.1, -0.05) is 22.0 Å². The fraction of sp³-hybridized carbons (Fsp3) is 0. The zero-order valence-corrected chi connectivity index (χ0v) is 14.6. The molecule has 25 heavy (non-hydrogen) atoms. The van der Waals surface area contributed by atoms with Crippen molar-refractivity contribution in [3.8, 4) is 6.07 Å². The van der Waals surface area contributed by atoms with Gasteiger partial charge in [0.05, 0.1) is 17.2 Å². The summed E-state index contributed by atoms with van der Waals surface area (Å²) >= 11 is 3.35. The number of halogens is 1. The van der Waals surface area contributed by atoms with Crippen LogP contribution >= 0.6 is 15.9 Å². The molecule has 2 aromatic carbocycles. The van der Waals surface area contributed by atoms with Gasteiger partial charge in [-0.2, -0.15) is 5.26 Å². The van der Waals surface area contributed by atoms with Crippen molar-refractivity contribution in [1.82, 2.24) is 4.98 Å². The van der Waals surface area contributed by atoms with Crippen molar-refractivity contribution in [1.29, 1.82) is 5.26 Å². The average Bonchev–Trinajstić information content (AvgIpc) is 2.64. The first-order valence-corrected chi connectivity index (χ1v) is 8.23. The van der Waals surface area contributed by atoms with Gasteiger partial charge >= 0.3 is 0 Å². The summed E-state index contributed by atoms with van der Waals surface area (Å²) in [6.07, 6.45) is 1.50. The summed E-state index contributed by atoms with van der Waals surface area (Å²) in [5, 5.41) is 14.8. The van der Waals surface area contributed by atoms with Crippen LogP contribution in [0.15, 0.2) is 71.3 Å². The number of rotatable bonds is 4. The molecule has 3 aromatic rings. The van der Waals surface area contributed by atoms with Crippen molar-refractivity contribution in [3.63, 3.8) is 0 Å². The molecule has 0 aliphatic rings. The van der Waals surface area contributed by atoms with Crippen LogP contribution in [0.2, 0.25) is 0 Å². The van der Waals surface area contributed by atoms with Gasteiger partial charge in [-0.15, -0.1) is 0 Å². The number of hydrogen-bond acceptors (Lipinski definition) is 4. The summed E-state index contributed by atoms with van der Waals surface area (Å²) in [6.45, 7) is 0. The van der Waals surface area contributed by atoms with Gasteiger partial charge in [-0.05, 0) is 54.6 Å². The van der Waals surface area contributed by atoms with E-state index in [0.29, 0.717) is 22.6 Å². The Labute approximate surface area is 153 Å². The van der Waals surface area contributed by atoms with E-state index in [2.05, 4.69) is 37.6 Å². The highest BCUT2D eigenvalue weighted by atomic mass is 79.9. The Morgan fingerprint density at radius 1 is 1.04 bits per heavy atom. The van der Waals surface area contributed by atoms with E-state index in [9.17, 15) is 4.79 Å².